The normalized spacial score (nSPS) is 20.9. The van der Waals surface area contributed by atoms with E-state index in [2.05, 4.69) is 42.5 Å². The van der Waals surface area contributed by atoms with Crippen LogP contribution in [-0.2, 0) is 27.2 Å². The average molecular weight is 548 g/mol. The van der Waals surface area contributed by atoms with Gasteiger partial charge in [-0.2, -0.15) is 0 Å². The molecule has 4 nitrogen and oxygen atoms in total. The molecule has 0 aromatic heterocycles. The van der Waals surface area contributed by atoms with Crippen LogP contribution in [0.5, 0.6) is 0 Å². The van der Waals surface area contributed by atoms with Crippen molar-refractivity contribution in [1.29, 1.82) is 0 Å². The van der Waals surface area contributed by atoms with Gasteiger partial charge in [-0.1, -0.05) is 80.3 Å². The van der Waals surface area contributed by atoms with E-state index in [0.717, 1.165) is 41.3 Å². The molecule has 0 bridgehead atoms. The molecule has 2 aliphatic rings. The Bertz CT molecular complexity index is 1320. The summed E-state index contributed by atoms with van der Waals surface area (Å²) >= 11 is 0. The van der Waals surface area contributed by atoms with Crippen LogP contribution in [0.3, 0.4) is 0 Å². The monoisotopic (exact) mass is 547 g/mol. The number of anilines is 1. The summed E-state index contributed by atoms with van der Waals surface area (Å²) in [5, 5.41) is 2.28. The number of alkyl halides is 2. The van der Waals surface area contributed by atoms with E-state index in [1.165, 1.54) is 37.7 Å². The molecule has 6 heteroatoms. The van der Waals surface area contributed by atoms with Gasteiger partial charge in [-0.15, -0.1) is 0 Å². The van der Waals surface area contributed by atoms with Crippen LogP contribution in [-0.4, -0.2) is 30.4 Å². The highest BCUT2D eigenvalue weighted by Gasteiger charge is 2.49. The Balaban J connectivity index is 1.32. The number of halogens is 2. The Hall–Kier alpha value is -3.28. The lowest BCUT2D eigenvalue weighted by Gasteiger charge is -2.36. The Labute approximate surface area is 235 Å². The lowest BCUT2D eigenvalue weighted by Crippen LogP contribution is -2.48. The smallest absolute Gasteiger partial charge is 0.303 e. The first-order valence-electron chi connectivity index (χ1n) is 14.7. The van der Waals surface area contributed by atoms with Crippen LogP contribution in [0.2, 0.25) is 0 Å². The van der Waals surface area contributed by atoms with E-state index in [9.17, 15) is 18.4 Å². The summed E-state index contributed by atoms with van der Waals surface area (Å²) in [6, 6.07) is 22.5. The summed E-state index contributed by atoms with van der Waals surface area (Å²) in [5.74, 6) is -4.28. The summed E-state index contributed by atoms with van der Waals surface area (Å²) in [6.45, 7) is 1.54. The van der Waals surface area contributed by atoms with Crippen molar-refractivity contribution >= 4 is 28.3 Å². The highest BCUT2D eigenvalue weighted by molar-refractivity contribution is 5.95. The van der Waals surface area contributed by atoms with Gasteiger partial charge >= 0.3 is 5.97 Å². The third-order valence-electron chi connectivity index (χ3n) is 8.69. The lowest BCUT2D eigenvalue weighted by molar-refractivity contribution is -0.185. The largest absolute Gasteiger partial charge is 0.456 e. The summed E-state index contributed by atoms with van der Waals surface area (Å²) < 4.78 is 34.7. The average Bonchev–Trinajstić information content (AvgIpc) is 3.47. The second-order valence-corrected chi connectivity index (χ2v) is 11.6. The molecule has 212 valence electrons. The van der Waals surface area contributed by atoms with Crippen molar-refractivity contribution in [3.05, 3.63) is 77.9 Å². The zero-order chi connectivity index (χ0) is 28.1. The van der Waals surface area contributed by atoms with Crippen LogP contribution in [0.1, 0.15) is 69.4 Å². The van der Waals surface area contributed by atoms with Gasteiger partial charge in [0, 0.05) is 31.5 Å². The summed E-state index contributed by atoms with van der Waals surface area (Å²) in [5.41, 5.74) is 3.07. The van der Waals surface area contributed by atoms with E-state index < -0.39 is 30.3 Å². The number of nitrogens with zero attached hydrogens (tertiary/aromatic N) is 1. The predicted octanol–water partition coefficient (Wildman–Crippen LogP) is 7.91. The quantitative estimate of drug-likeness (QED) is 0.256. The van der Waals surface area contributed by atoms with E-state index in [1.807, 2.05) is 24.3 Å². The molecule has 0 saturated heterocycles. The van der Waals surface area contributed by atoms with E-state index in [4.69, 9.17) is 4.74 Å². The molecule has 0 N–H and O–H groups in total. The molecule has 0 radical (unpaired) electrons. The van der Waals surface area contributed by atoms with Gasteiger partial charge in [0.25, 0.3) is 5.92 Å². The number of aryl methyl sites for hydroxylation is 1. The number of fused-ring (bicyclic) bond motifs is 1. The number of ether oxygens (including phenoxy) is 1. The maximum absolute atomic E-state index is 14.9. The third kappa shape index (κ3) is 6.89. The fourth-order valence-corrected chi connectivity index (χ4v) is 6.42. The molecule has 40 heavy (non-hydrogen) atoms. The van der Waals surface area contributed by atoms with Crippen LogP contribution in [0.4, 0.5) is 14.5 Å². The van der Waals surface area contributed by atoms with Crippen molar-refractivity contribution in [2.45, 2.75) is 83.2 Å². The van der Waals surface area contributed by atoms with Crippen molar-refractivity contribution in [3.8, 4) is 0 Å². The minimum Gasteiger partial charge on any atom is -0.456 e. The van der Waals surface area contributed by atoms with Crippen LogP contribution in [0.25, 0.3) is 10.8 Å². The Morgan fingerprint density at radius 3 is 2.27 bits per heavy atom. The predicted molar refractivity (Wildman–Crippen MR) is 155 cm³/mol. The molecule has 0 aliphatic heterocycles. The number of rotatable bonds is 9. The standard InChI is InChI=1S/C34H39F2NO3/c1-24(38)40-32-19-16-30(23-34(32,35)36)33(39)37(21-20-27-12-15-28-8-4-5-9-29(28)22-27)31-17-13-26(14-18-31)11-10-25-6-2-3-7-25/h4-5,8-9,12-15,17-18,22,25,30,32H,2-3,6-7,10-11,16,19-21,23H2,1H3/t30-,32-/m1/s1. The number of amides is 1. The maximum Gasteiger partial charge on any atom is 0.303 e. The molecule has 3 aromatic carbocycles. The zero-order valence-electron chi connectivity index (χ0n) is 23.3. The number of benzene rings is 3. The van der Waals surface area contributed by atoms with E-state index in [0.29, 0.717) is 13.0 Å². The fourth-order valence-electron chi connectivity index (χ4n) is 6.42. The third-order valence-corrected chi connectivity index (χ3v) is 8.69. The van der Waals surface area contributed by atoms with Crippen molar-refractivity contribution in [1.82, 2.24) is 0 Å². The highest BCUT2D eigenvalue weighted by Crippen LogP contribution is 2.40. The molecular formula is C34H39F2NO3. The number of esters is 1. The molecular weight excluding hydrogens is 508 g/mol. The van der Waals surface area contributed by atoms with Crippen molar-refractivity contribution in [2.24, 2.45) is 11.8 Å². The molecule has 3 aromatic rings. The van der Waals surface area contributed by atoms with Gasteiger partial charge in [0.15, 0.2) is 6.10 Å². The van der Waals surface area contributed by atoms with Crippen LogP contribution in [0, 0.1) is 11.8 Å². The number of hydrogen-bond donors (Lipinski definition) is 0. The summed E-state index contributed by atoms with van der Waals surface area (Å²) in [6.07, 6.45) is 6.26. The van der Waals surface area contributed by atoms with Gasteiger partial charge in [-0.25, -0.2) is 8.78 Å². The SMILES string of the molecule is CC(=O)O[C@@H]1CC[C@@H](C(=O)N(CCc2ccc3ccccc3c2)c2ccc(CCC3CCCC3)cc2)CC1(F)F. The Morgan fingerprint density at radius 2 is 1.57 bits per heavy atom. The molecule has 1 amide bonds. The van der Waals surface area contributed by atoms with Gasteiger partial charge in [0.1, 0.15) is 0 Å². The first-order chi connectivity index (χ1) is 19.3. The zero-order valence-corrected chi connectivity index (χ0v) is 23.3. The Kier molecular flexibility index (Phi) is 8.82. The van der Waals surface area contributed by atoms with Crippen LogP contribution >= 0.6 is 0 Å². The number of carbonyl (C=O) groups excluding carboxylic acids is 2. The molecule has 0 spiro atoms. The van der Waals surface area contributed by atoms with Gasteiger partial charge in [-0.3, -0.25) is 9.59 Å². The van der Waals surface area contributed by atoms with Crippen LogP contribution < -0.4 is 4.90 Å². The topological polar surface area (TPSA) is 46.6 Å². The molecule has 2 aliphatic carbocycles. The fraction of sp³-hybridized carbons (Fsp3) is 0.471. The van der Waals surface area contributed by atoms with Gasteiger partial charge in [0.2, 0.25) is 5.91 Å². The molecule has 2 atom stereocenters. The summed E-state index contributed by atoms with van der Waals surface area (Å²) in [4.78, 5) is 26.8. The lowest BCUT2D eigenvalue weighted by atomic mass is 9.83. The highest BCUT2D eigenvalue weighted by atomic mass is 19.3. The molecule has 2 saturated carbocycles. The van der Waals surface area contributed by atoms with Gasteiger partial charge < -0.3 is 9.64 Å². The molecule has 5 rings (SSSR count). The van der Waals surface area contributed by atoms with E-state index in [-0.39, 0.29) is 18.7 Å². The number of carbonyl (C=O) groups is 2. The first-order valence-corrected chi connectivity index (χ1v) is 14.7. The summed E-state index contributed by atoms with van der Waals surface area (Å²) in [7, 11) is 0. The number of hydrogen-bond acceptors (Lipinski definition) is 3. The molecule has 0 unspecified atom stereocenters. The van der Waals surface area contributed by atoms with E-state index in [1.54, 1.807) is 4.90 Å². The maximum atomic E-state index is 14.9. The van der Waals surface area contributed by atoms with Crippen molar-refractivity contribution in [3.63, 3.8) is 0 Å². The van der Waals surface area contributed by atoms with Crippen molar-refractivity contribution < 1.29 is 23.1 Å². The minimum atomic E-state index is -3.24. The Morgan fingerprint density at radius 1 is 0.875 bits per heavy atom. The first kappa shape index (κ1) is 28.3. The van der Waals surface area contributed by atoms with Gasteiger partial charge in [-0.05, 0) is 72.1 Å². The minimum absolute atomic E-state index is 0.0262. The van der Waals surface area contributed by atoms with Crippen molar-refractivity contribution in [2.75, 3.05) is 11.4 Å². The second kappa shape index (κ2) is 12.5. The molecule has 0 heterocycles. The van der Waals surface area contributed by atoms with Gasteiger partial charge in [0.05, 0.1) is 0 Å². The molecule has 2 fully saturated rings. The second-order valence-electron chi connectivity index (χ2n) is 11.6. The van der Waals surface area contributed by atoms with Crippen LogP contribution in [0.15, 0.2) is 66.7 Å². The van der Waals surface area contributed by atoms with E-state index >= 15 is 0 Å².